The second-order valence-corrected chi connectivity index (χ2v) is 5.69. The number of carbonyl (C=O) groups excluding carboxylic acids is 1. The standard InChI is InChI=1S/C13H20ClN7O/c1-7-10(14)19-9(11(15)17-7)12(22)20-13(16)18-8-3-5-21(2)6-4-8/h8H,3-6H2,1-2H3,(H2,15,17)(H3,16,18,20,22). The third-order valence-corrected chi connectivity index (χ3v) is 3.86. The molecule has 1 aliphatic heterocycles. The summed E-state index contributed by atoms with van der Waals surface area (Å²) in [4.78, 5) is 26.6. The van der Waals surface area contributed by atoms with Crippen molar-refractivity contribution in [3.8, 4) is 0 Å². The van der Waals surface area contributed by atoms with E-state index in [2.05, 4.69) is 32.2 Å². The molecule has 1 aliphatic rings. The summed E-state index contributed by atoms with van der Waals surface area (Å²) in [6.45, 7) is 3.58. The van der Waals surface area contributed by atoms with Crippen molar-refractivity contribution in [2.45, 2.75) is 25.8 Å². The lowest BCUT2D eigenvalue weighted by Gasteiger charge is -2.26. The molecule has 0 bridgehead atoms. The number of nitrogens with zero attached hydrogens (tertiary/aromatic N) is 4. The van der Waals surface area contributed by atoms with Gasteiger partial charge in [-0.05, 0) is 39.9 Å². The van der Waals surface area contributed by atoms with Gasteiger partial charge < -0.3 is 16.4 Å². The van der Waals surface area contributed by atoms with Crippen molar-refractivity contribution in [3.63, 3.8) is 0 Å². The van der Waals surface area contributed by atoms with Crippen molar-refractivity contribution >= 4 is 29.3 Å². The average molecular weight is 326 g/mol. The number of likely N-dealkylation sites (tertiary alicyclic amines) is 1. The molecule has 9 heteroatoms. The minimum atomic E-state index is -0.568. The van der Waals surface area contributed by atoms with Crippen LogP contribution in [0.2, 0.25) is 5.15 Å². The molecule has 1 fully saturated rings. The second kappa shape index (κ2) is 6.89. The number of aromatic nitrogens is 2. The number of nitrogens with one attached hydrogen (secondary N) is 1. The Morgan fingerprint density at radius 2 is 2.05 bits per heavy atom. The van der Waals surface area contributed by atoms with Crippen LogP contribution in [0.15, 0.2) is 4.99 Å². The van der Waals surface area contributed by atoms with Gasteiger partial charge in [0.05, 0.1) is 11.7 Å². The molecule has 1 saturated heterocycles. The van der Waals surface area contributed by atoms with E-state index in [1.54, 1.807) is 6.92 Å². The van der Waals surface area contributed by atoms with Crippen molar-refractivity contribution in [2.75, 3.05) is 25.9 Å². The number of hydrogen-bond acceptors (Lipinski definition) is 6. The van der Waals surface area contributed by atoms with Crippen LogP contribution in [0.1, 0.15) is 29.0 Å². The van der Waals surface area contributed by atoms with Gasteiger partial charge >= 0.3 is 0 Å². The Bertz CT molecular complexity index is 596. The quantitative estimate of drug-likeness (QED) is 0.526. The molecule has 2 rings (SSSR count). The molecule has 2 heterocycles. The predicted octanol–water partition coefficient (Wildman–Crippen LogP) is 0.159. The number of nitrogens with two attached hydrogens (primary N) is 2. The van der Waals surface area contributed by atoms with Crippen LogP contribution in [0.4, 0.5) is 5.82 Å². The summed E-state index contributed by atoms with van der Waals surface area (Å²) < 4.78 is 0. The highest BCUT2D eigenvalue weighted by atomic mass is 35.5. The molecule has 0 spiro atoms. The number of halogens is 1. The molecule has 0 aromatic carbocycles. The zero-order chi connectivity index (χ0) is 16.3. The number of piperidine rings is 1. The summed E-state index contributed by atoms with van der Waals surface area (Å²) in [5.41, 5.74) is 11.9. The van der Waals surface area contributed by atoms with Crippen LogP contribution >= 0.6 is 11.6 Å². The van der Waals surface area contributed by atoms with Crippen LogP contribution in [0.25, 0.3) is 0 Å². The van der Waals surface area contributed by atoms with Crippen LogP contribution in [-0.4, -0.2) is 52.9 Å². The Morgan fingerprint density at radius 3 is 2.68 bits per heavy atom. The van der Waals surface area contributed by atoms with Gasteiger partial charge in [0.15, 0.2) is 22.6 Å². The fourth-order valence-electron chi connectivity index (χ4n) is 2.21. The lowest BCUT2D eigenvalue weighted by molar-refractivity contribution is 0.0972. The number of rotatable bonds is 2. The maximum Gasteiger partial charge on any atom is 0.280 e. The topological polar surface area (TPSA) is 123 Å². The van der Waals surface area contributed by atoms with Crippen molar-refractivity contribution in [1.82, 2.24) is 20.2 Å². The van der Waals surface area contributed by atoms with E-state index in [0.29, 0.717) is 5.69 Å². The van der Waals surface area contributed by atoms with E-state index < -0.39 is 5.91 Å². The molecule has 0 saturated carbocycles. The number of aryl methyl sites for hydroxylation is 1. The molecule has 120 valence electrons. The highest BCUT2D eigenvalue weighted by molar-refractivity contribution is 6.30. The number of guanidine groups is 1. The second-order valence-electron chi connectivity index (χ2n) is 5.34. The van der Waals surface area contributed by atoms with Crippen molar-refractivity contribution in [2.24, 2.45) is 10.7 Å². The molecule has 0 unspecified atom stereocenters. The Kier molecular flexibility index (Phi) is 5.15. The van der Waals surface area contributed by atoms with Gasteiger partial charge in [-0.25, -0.2) is 15.0 Å². The van der Waals surface area contributed by atoms with E-state index in [4.69, 9.17) is 23.1 Å². The zero-order valence-corrected chi connectivity index (χ0v) is 13.4. The number of carbonyl (C=O) groups is 1. The van der Waals surface area contributed by atoms with Crippen LogP contribution in [0.3, 0.4) is 0 Å². The number of aliphatic imine (C=N–C) groups is 1. The molecule has 1 amide bonds. The fraction of sp³-hybridized carbons (Fsp3) is 0.538. The number of amides is 1. The normalized spacial score (nSPS) is 17.5. The van der Waals surface area contributed by atoms with Crippen molar-refractivity contribution in [3.05, 3.63) is 16.5 Å². The molecule has 0 radical (unpaired) electrons. The lowest BCUT2D eigenvalue weighted by Crippen LogP contribution is -2.40. The smallest absolute Gasteiger partial charge is 0.280 e. The molecule has 0 aliphatic carbocycles. The third kappa shape index (κ3) is 4.05. The van der Waals surface area contributed by atoms with E-state index in [1.807, 2.05) is 0 Å². The van der Waals surface area contributed by atoms with Gasteiger partial charge in [-0.3, -0.25) is 10.1 Å². The Balaban J connectivity index is 2.03. The van der Waals surface area contributed by atoms with E-state index in [0.717, 1.165) is 25.9 Å². The first-order valence-electron chi connectivity index (χ1n) is 6.99. The minimum Gasteiger partial charge on any atom is -0.382 e. The van der Waals surface area contributed by atoms with Gasteiger partial charge in [0, 0.05) is 0 Å². The summed E-state index contributed by atoms with van der Waals surface area (Å²) in [7, 11) is 2.06. The van der Waals surface area contributed by atoms with Crippen molar-refractivity contribution < 1.29 is 4.79 Å². The van der Waals surface area contributed by atoms with Gasteiger partial charge in [-0.1, -0.05) is 11.6 Å². The minimum absolute atomic E-state index is 0.00601. The summed E-state index contributed by atoms with van der Waals surface area (Å²) in [6, 6.07) is 0.113. The molecule has 0 atom stereocenters. The van der Waals surface area contributed by atoms with Gasteiger partial charge in [0.1, 0.15) is 0 Å². The van der Waals surface area contributed by atoms with E-state index >= 15 is 0 Å². The van der Waals surface area contributed by atoms with E-state index in [9.17, 15) is 4.79 Å². The van der Waals surface area contributed by atoms with E-state index in [-0.39, 0.29) is 28.7 Å². The summed E-state index contributed by atoms with van der Waals surface area (Å²) in [5, 5.41) is 2.61. The maximum atomic E-state index is 12.1. The summed E-state index contributed by atoms with van der Waals surface area (Å²) in [6.07, 6.45) is 1.82. The van der Waals surface area contributed by atoms with Crippen molar-refractivity contribution in [1.29, 1.82) is 0 Å². The SMILES string of the molecule is Cc1nc(N)c(C(=O)NC(N)=NC2CCN(C)CC2)nc1Cl. The van der Waals surface area contributed by atoms with Gasteiger partial charge in [0.25, 0.3) is 5.91 Å². The molecule has 1 aromatic rings. The Labute approximate surface area is 133 Å². The third-order valence-electron chi connectivity index (χ3n) is 3.51. The molecule has 8 nitrogen and oxygen atoms in total. The van der Waals surface area contributed by atoms with Crippen LogP contribution in [0.5, 0.6) is 0 Å². The Morgan fingerprint density at radius 1 is 1.41 bits per heavy atom. The molecule has 1 aromatic heterocycles. The lowest BCUT2D eigenvalue weighted by atomic mass is 10.1. The highest BCUT2D eigenvalue weighted by Gasteiger charge is 2.19. The number of nitrogen functional groups attached to an aromatic ring is 1. The van der Waals surface area contributed by atoms with Crippen LogP contribution < -0.4 is 16.8 Å². The molecule has 22 heavy (non-hydrogen) atoms. The first kappa shape index (κ1) is 16.4. The van der Waals surface area contributed by atoms with Gasteiger partial charge in [0.2, 0.25) is 0 Å². The largest absolute Gasteiger partial charge is 0.382 e. The molecular weight excluding hydrogens is 306 g/mol. The average Bonchev–Trinajstić information content (AvgIpc) is 2.45. The summed E-state index contributed by atoms with van der Waals surface area (Å²) >= 11 is 5.86. The van der Waals surface area contributed by atoms with Gasteiger partial charge in [-0.2, -0.15) is 0 Å². The summed E-state index contributed by atoms with van der Waals surface area (Å²) in [5.74, 6) is -0.509. The monoisotopic (exact) mass is 325 g/mol. The van der Waals surface area contributed by atoms with E-state index in [1.165, 1.54) is 0 Å². The highest BCUT2D eigenvalue weighted by Crippen LogP contribution is 2.15. The van der Waals surface area contributed by atoms with Crippen LogP contribution in [0, 0.1) is 6.92 Å². The first-order chi connectivity index (χ1) is 10.4. The number of hydrogen-bond donors (Lipinski definition) is 3. The predicted molar refractivity (Wildman–Crippen MR) is 85.8 cm³/mol. The fourth-order valence-corrected chi connectivity index (χ4v) is 2.34. The first-order valence-corrected chi connectivity index (χ1v) is 7.37. The Hall–Kier alpha value is -1.93. The van der Waals surface area contributed by atoms with Crippen LogP contribution in [-0.2, 0) is 0 Å². The molecular formula is C13H20ClN7O. The van der Waals surface area contributed by atoms with Gasteiger partial charge in [-0.15, -0.1) is 0 Å². The number of anilines is 1. The zero-order valence-electron chi connectivity index (χ0n) is 12.6. The molecule has 5 N–H and O–H groups in total. The maximum absolute atomic E-state index is 12.1.